The van der Waals surface area contributed by atoms with Gasteiger partial charge in [-0.1, -0.05) is 0 Å². The predicted octanol–water partition coefficient (Wildman–Crippen LogP) is 3.48. The Morgan fingerprint density at radius 1 is 1.38 bits per heavy atom. The Kier molecular flexibility index (Phi) is 3.52. The van der Waals surface area contributed by atoms with Crippen molar-refractivity contribution in [2.24, 2.45) is 0 Å². The highest BCUT2D eigenvalue weighted by molar-refractivity contribution is 5.85. The third-order valence-corrected chi connectivity index (χ3v) is 1.82. The minimum Gasteiger partial charge on any atom is -0.444 e. The number of aryl methyl sites for hydroxylation is 1. The second-order valence-electron chi connectivity index (χ2n) is 4.59. The molecule has 0 saturated heterocycles. The number of hydrogen-bond acceptors (Lipinski definition) is 2. The van der Waals surface area contributed by atoms with Gasteiger partial charge in [-0.15, -0.1) is 0 Å². The molecule has 0 saturated carbocycles. The smallest absolute Gasteiger partial charge is 0.412 e. The molecule has 0 aliphatic rings. The molecule has 3 nitrogen and oxygen atoms in total. The molecule has 88 valence electrons. The van der Waals surface area contributed by atoms with Crippen LogP contribution in [-0.4, -0.2) is 11.7 Å². The average molecular weight is 225 g/mol. The lowest BCUT2D eigenvalue weighted by atomic mass is 10.2. The summed E-state index contributed by atoms with van der Waals surface area (Å²) < 4.78 is 17.9. The molecule has 0 aromatic heterocycles. The average Bonchev–Trinajstić information content (AvgIpc) is 2.06. The Morgan fingerprint density at radius 3 is 2.50 bits per heavy atom. The van der Waals surface area contributed by atoms with Crippen LogP contribution in [0.15, 0.2) is 18.2 Å². The van der Waals surface area contributed by atoms with Crippen LogP contribution in [0.3, 0.4) is 0 Å². The number of anilines is 1. The maximum absolute atomic E-state index is 12.8. The molecule has 1 aromatic rings. The Balaban J connectivity index is 2.70. The number of rotatable bonds is 1. The van der Waals surface area contributed by atoms with Crippen molar-refractivity contribution in [2.75, 3.05) is 5.32 Å². The maximum atomic E-state index is 12.8. The van der Waals surface area contributed by atoms with Crippen molar-refractivity contribution in [3.05, 3.63) is 29.6 Å². The molecule has 1 aromatic carbocycles. The van der Waals surface area contributed by atoms with Gasteiger partial charge in [-0.05, 0) is 51.5 Å². The van der Waals surface area contributed by atoms with Crippen molar-refractivity contribution < 1.29 is 13.9 Å². The summed E-state index contributed by atoms with van der Waals surface area (Å²) in [5.41, 5.74) is 0.666. The highest BCUT2D eigenvalue weighted by atomic mass is 19.1. The van der Waals surface area contributed by atoms with E-state index in [9.17, 15) is 9.18 Å². The summed E-state index contributed by atoms with van der Waals surface area (Å²) in [4.78, 5) is 11.4. The first-order valence-electron chi connectivity index (χ1n) is 5.04. The number of carbonyl (C=O) groups excluding carboxylic acids is 1. The second kappa shape index (κ2) is 4.51. The van der Waals surface area contributed by atoms with Crippen LogP contribution in [-0.2, 0) is 4.74 Å². The molecule has 4 heteroatoms. The predicted molar refractivity (Wildman–Crippen MR) is 61.0 cm³/mol. The number of hydrogen-bond donors (Lipinski definition) is 1. The Labute approximate surface area is 94.6 Å². The van der Waals surface area contributed by atoms with Gasteiger partial charge < -0.3 is 4.74 Å². The van der Waals surface area contributed by atoms with Crippen molar-refractivity contribution in [2.45, 2.75) is 33.3 Å². The third-order valence-electron chi connectivity index (χ3n) is 1.82. The third kappa shape index (κ3) is 3.88. The topological polar surface area (TPSA) is 38.3 Å². The monoisotopic (exact) mass is 225 g/mol. The number of halogens is 1. The summed E-state index contributed by atoms with van der Waals surface area (Å²) in [6.45, 7) is 7.06. The van der Waals surface area contributed by atoms with Gasteiger partial charge in [-0.3, -0.25) is 5.32 Å². The summed E-state index contributed by atoms with van der Waals surface area (Å²) in [6, 6.07) is 4.15. The van der Waals surface area contributed by atoms with E-state index in [0.717, 1.165) is 0 Å². The van der Waals surface area contributed by atoms with Gasteiger partial charge in [0.05, 0.1) is 0 Å². The van der Waals surface area contributed by atoms with Gasteiger partial charge in [0.2, 0.25) is 0 Å². The van der Waals surface area contributed by atoms with Crippen LogP contribution in [0.4, 0.5) is 14.9 Å². The SMILES string of the molecule is Cc1cc(F)ccc1NC(=O)OC(C)(C)C. The van der Waals surface area contributed by atoms with E-state index in [4.69, 9.17) is 4.74 Å². The highest BCUT2D eigenvalue weighted by Crippen LogP contribution is 2.17. The second-order valence-corrected chi connectivity index (χ2v) is 4.59. The fraction of sp³-hybridized carbons (Fsp3) is 0.417. The molecule has 0 bridgehead atoms. The number of amides is 1. The summed E-state index contributed by atoms with van der Waals surface area (Å²) >= 11 is 0. The lowest BCUT2D eigenvalue weighted by molar-refractivity contribution is 0.0636. The summed E-state index contributed by atoms with van der Waals surface area (Å²) in [7, 11) is 0. The fourth-order valence-electron chi connectivity index (χ4n) is 1.18. The summed E-state index contributed by atoms with van der Waals surface area (Å²) in [6.07, 6.45) is -0.540. The minimum absolute atomic E-state index is 0.327. The first-order valence-corrected chi connectivity index (χ1v) is 5.04. The van der Waals surface area contributed by atoms with E-state index in [1.807, 2.05) is 0 Å². The lowest BCUT2D eigenvalue weighted by Crippen LogP contribution is -2.27. The van der Waals surface area contributed by atoms with E-state index in [-0.39, 0.29) is 5.82 Å². The van der Waals surface area contributed by atoms with E-state index in [2.05, 4.69) is 5.32 Å². The van der Waals surface area contributed by atoms with Crippen LogP contribution < -0.4 is 5.32 Å². The molecule has 0 unspecified atom stereocenters. The molecule has 0 spiro atoms. The van der Waals surface area contributed by atoms with Crippen LogP contribution >= 0.6 is 0 Å². The number of nitrogens with one attached hydrogen (secondary N) is 1. The molecular weight excluding hydrogens is 209 g/mol. The van der Waals surface area contributed by atoms with Gasteiger partial charge in [0, 0.05) is 5.69 Å². The highest BCUT2D eigenvalue weighted by Gasteiger charge is 2.16. The van der Waals surface area contributed by atoms with E-state index in [0.29, 0.717) is 11.3 Å². The van der Waals surface area contributed by atoms with E-state index in [1.54, 1.807) is 27.7 Å². The normalized spacial score (nSPS) is 11.1. The molecule has 1 rings (SSSR count). The molecule has 1 N–H and O–H groups in total. The zero-order chi connectivity index (χ0) is 12.3. The maximum Gasteiger partial charge on any atom is 0.412 e. The molecule has 0 atom stereocenters. The van der Waals surface area contributed by atoms with Crippen molar-refractivity contribution >= 4 is 11.8 Å². The molecule has 1 amide bonds. The fourth-order valence-corrected chi connectivity index (χ4v) is 1.18. The van der Waals surface area contributed by atoms with Crippen molar-refractivity contribution in [1.82, 2.24) is 0 Å². The van der Waals surface area contributed by atoms with E-state index < -0.39 is 11.7 Å². The molecule has 0 aliphatic heterocycles. The van der Waals surface area contributed by atoms with E-state index >= 15 is 0 Å². The lowest BCUT2D eigenvalue weighted by Gasteiger charge is -2.20. The molecule has 16 heavy (non-hydrogen) atoms. The number of benzene rings is 1. The van der Waals surface area contributed by atoms with Crippen LogP contribution in [0.1, 0.15) is 26.3 Å². The Hall–Kier alpha value is -1.58. The number of ether oxygens (including phenoxy) is 1. The molecule has 0 fully saturated rings. The van der Waals surface area contributed by atoms with Crippen molar-refractivity contribution in [3.8, 4) is 0 Å². The summed E-state index contributed by atoms with van der Waals surface area (Å²) in [5.74, 6) is -0.327. The van der Waals surface area contributed by atoms with Gasteiger partial charge in [0.15, 0.2) is 0 Å². The zero-order valence-electron chi connectivity index (χ0n) is 9.93. The molecule has 0 aliphatic carbocycles. The van der Waals surface area contributed by atoms with Crippen molar-refractivity contribution in [1.29, 1.82) is 0 Å². The van der Waals surface area contributed by atoms with E-state index in [1.165, 1.54) is 18.2 Å². The van der Waals surface area contributed by atoms with Crippen LogP contribution in [0.25, 0.3) is 0 Å². The Bertz CT molecular complexity index is 396. The Morgan fingerprint density at radius 2 is 2.00 bits per heavy atom. The van der Waals surface area contributed by atoms with Crippen molar-refractivity contribution in [3.63, 3.8) is 0 Å². The van der Waals surface area contributed by atoms with Crippen LogP contribution in [0, 0.1) is 12.7 Å². The first-order chi connectivity index (χ1) is 7.28. The largest absolute Gasteiger partial charge is 0.444 e. The minimum atomic E-state index is -0.544. The van der Waals surface area contributed by atoms with Gasteiger partial charge in [0.25, 0.3) is 0 Å². The quantitative estimate of drug-likeness (QED) is 0.794. The zero-order valence-corrected chi connectivity index (χ0v) is 9.93. The molecule has 0 radical (unpaired) electrons. The van der Waals surface area contributed by atoms with Gasteiger partial charge in [-0.25, -0.2) is 9.18 Å². The van der Waals surface area contributed by atoms with Gasteiger partial charge in [-0.2, -0.15) is 0 Å². The summed E-state index contributed by atoms with van der Waals surface area (Å²) in [5, 5.41) is 2.57. The van der Waals surface area contributed by atoms with Gasteiger partial charge in [0.1, 0.15) is 11.4 Å². The van der Waals surface area contributed by atoms with Crippen LogP contribution in [0.5, 0.6) is 0 Å². The molecule has 0 heterocycles. The van der Waals surface area contributed by atoms with Crippen LogP contribution in [0.2, 0.25) is 0 Å². The molecular formula is C12H16FNO2. The number of carbonyl (C=O) groups is 1. The standard InChI is InChI=1S/C12H16FNO2/c1-8-7-9(13)5-6-10(8)14-11(15)16-12(2,3)4/h5-7H,1-4H3,(H,14,15). The van der Waals surface area contributed by atoms with Gasteiger partial charge >= 0.3 is 6.09 Å². The first kappa shape index (κ1) is 12.5.